The second-order valence-electron chi connectivity index (χ2n) is 4.47. The molecule has 1 heterocycles. The lowest BCUT2D eigenvalue weighted by molar-refractivity contribution is 0.399. The van der Waals surface area contributed by atoms with Crippen molar-refractivity contribution in [1.82, 2.24) is 14.9 Å². The molecule has 1 rings (SSSR count). The Balaban J connectivity index is 2.50. The van der Waals surface area contributed by atoms with E-state index in [1.807, 2.05) is 12.3 Å². The van der Waals surface area contributed by atoms with Gasteiger partial charge in [0.1, 0.15) is 5.82 Å². The van der Waals surface area contributed by atoms with Crippen LogP contribution >= 0.6 is 0 Å². The van der Waals surface area contributed by atoms with Gasteiger partial charge in [0.25, 0.3) is 0 Å². The van der Waals surface area contributed by atoms with E-state index < -0.39 is 0 Å². The average Bonchev–Trinajstić information content (AvgIpc) is 2.17. The SMILES string of the molecule is CC(C)c1nccc(CCCN(C)C)n1. The summed E-state index contributed by atoms with van der Waals surface area (Å²) in [6.45, 7) is 5.36. The van der Waals surface area contributed by atoms with Crippen LogP contribution in [0.5, 0.6) is 0 Å². The van der Waals surface area contributed by atoms with E-state index in [2.05, 4.69) is 42.8 Å². The number of hydrogen-bond acceptors (Lipinski definition) is 3. The van der Waals surface area contributed by atoms with Gasteiger partial charge in [-0.1, -0.05) is 13.8 Å². The van der Waals surface area contributed by atoms with E-state index in [9.17, 15) is 0 Å². The van der Waals surface area contributed by atoms with Gasteiger partial charge >= 0.3 is 0 Å². The molecule has 0 amide bonds. The highest BCUT2D eigenvalue weighted by Gasteiger charge is 2.03. The van der Waals surface area contributed by atoms with Gasteiger partial charge in [0.05, 0.1) is 0 Å². The van der Waals surface area contributed by atoms with E-state index >= 15 is 0 Å². The molecule has 0 saturated heterocycles. The van der Waals surface area contributed by atoms with Gasteiger partial charge in [-0.3, -0.25) is 0 Å². The van der Waals surface area contributed by atoms with Crippen LogP contribution in [0.3, 0.4) is 0 Å². The summed E-state index contributed by atoms with van der Waals surface area (Å²) in [6, 6.07) is 2.02. The summed E-state index contributed by atoms with van der Waals surface area (Å²) in [5.74, 6) is 1.37. The van der Waals surface area contributed by atoms with Crippen molar-refractivity contribution in [2.75, 3.05) is 20.6 Å². The van der Waals surface area contributed by atoms with Gasteiger partial charge < -0.3 is 4.90 Å². The zero-order valence-electron chi connectivity index (χ0n) is 10.2. The minimum atomic E-state index is 0.416. The smallest absolute Gasteiger partial charge is 0.131 e. The zero-order valence-corrected chi connectivity index (χ0v) is 10.2. The second-order valence-corrected chi connectivity index (χ2v) is 4.47. The lowest BCUT2D eigenvalue weighted by atomic mass is 10.2. The summed E-state index contributed by atoms with van der Waals surface area (Å²) >= 11 is 0. The highest BCUT2D eigenvalue weighted by atomic mass is 15.0. The predicted molar refractivity (Wildman–Crippen MR) is 63.0 cm³/mol. The predicted octanol–water partition coefficient (Wildman–Crippen LogP) is 2.09. The monoisotopic (exact) mass is 207 g/mol. The lowest BCUT2D eigenvalue weighted by Gasteiger charge is -2.09. The summed E-state index contributed by atoms with van der Waals surface area (Å²) in [5.41, 5.74) is 1.16. The van der Waals surface area contributed by atoms with Crippen molar-refractivity contribution in [2.24, 2.45) is 0 Å². The molecule has 0 aliphatic carbocycles. The van der Waals surface area contributed by atoms with Crippen LogP contribution in [-0.2, 0) is 6.42 Å². The van der Waals surface area contributed by atoms with Crippen LogP contribution in [-0.4, -0.2) is 35.5 Å². The summed E-state index contributed by atoms with van der Waals surface area (Å²) in [7, 11) is 4.19. The molecule has 0 spiro atoms. The van der Waals surface area contributed by atoms with Crippen LogP contribution in [0.1, 0.15) is 37.7 Å². The lowest BCUT2D eigenvalue weighted by Crippen LogP contribution is -2.14. The Labute approximate surface area is 92.6 Å². The molecule has 0 fully saturated rings. The normalized spacial score (nSPS) is 11.3. The Kier molecular flexibility index (Phi) is 4.69. The first-order chi connectivity index (χ1) is 7.09. The quantitative estimate of drug-likeness (QED) is 0.740. The molecule has 0 N–H and O–H groups in total. The number of aryl methyl sites for hydroxylation is 1. The standard InChI is InChI=1S/C12H21N3/c1-10(2)12-13-8-7-11(14-12)6-5-9-15(3)4/h7-8,10H,5-6,9H2,1-4H3. The van der Waals surface area contributed by atoms with E-state index in [-0.39, 0.29) is 0 Å². The first-order valence-electron chi connectivity index (χ1n) is 5.56. The van der Waals surface area contributed by atoms with Gasteiger partial charge in [0, 0.05) is 17.8 Å². The molecule has 3 nitrogen and oxygen atoms in total. The van der Waals surface area contributed by atoms with Gasteiger partial charge in [0.15, 0.2) is 0 Å². The molecular weight excluding hydrogens is 186 g/mol. The fourth-order valence-corrected chi connectivity index (χ4v) is 1.41. The van der Waals surface area contributed by atoms with E-state index in [1.54, 1.807) is 0 Å². The summed E-state index contributed by atoms with van der Waals surface area (Å²) in [6.07, 6.45) is 4.06. The van der Waals surface area contributed by atoms with Crippen molar-refractivity contribution in [1.29, 1.82) is 0 Å². The first-order valence-corrected chi connectivity index (χ1v) is 5.56. The van der Waals surface area contributed by atoms with E-state index in [1.165, 1.54) is 0 Å². The van der Waals surface area contributed by atoms with Gasteiger partial charge in [0.2, 0.25) is 0 Å². The molecule has 0 radical (unpaired) electrons. The highest BCUT2D eigenvalue weighted by molar-refractivity contribution is 5.04. The molecular formula is C12H21N3. The maximum Gasteiger partial charge on any atom is 0.131 e. The average molecular weight is 207 g/mol. The van der Waals surface area contributed by atoms with Crippen molar-refractivity contribution in [3.8, 4) is 0 Å². The Bertz CT molecular complexity index is 295. The van der Waals surface area contributed by atoms with E-state index in [0.29, 0.717) is 5.92 Å². The maximum absolute atomic E-state index is 4.54. The molecule has 1 aromatic heterocycles. The molecule has 0 aromatic carbocycles. The van der Waals surface area contributed by atoms with Crippen LogP contribution in [0.15, 0.2) is 12.3 Å². The van der Waals surface area contributed by atoms with Crippen LogP contribution in [0.4, 0.5) is 0 Å². The van der Waals surface area contributed by atoms with Crippen molar-refractivity contribution >= 4 is 0 Å². The third-order valence-corrected chi connectivity index (χ3v) is 2.29. The maximum atomic E-state index is 4.54. The minimum Gasteiger partial charge on any atom is -0.309 e. The third kappa shape index (κ3) is 4.38. The molecule has 84 valence electrons. The number of hydrogen-bond donors (Lipinski definition) is 0. The first kappa shape index (κ1) is 12.1. The van der Waals surface area contributed by atoms with Crippen molar-refractivity contribution in [3.63, 3.8) is 0 Å². The molecule has 0 atom stereocenters. The fourth-order valence-electron chi connectivity index (χ4n) is 1.41. The number of rotatable bonds is 5. The Morgan fingerprint density at radius 1 is 1.33 bits per heavy atom. The molecule has 0 aliphatic heterocycles. The zero-order chi connectivity index (χ0) is 11.3. The number of nitrogens with zero attached hydrogens (tertiary/aromatic N) is 3. The molecule has 1 aromatic rings. The molecule has 0 unspecified atom stereocenters. The molecule has 3 heteroatoms. The van der Waals surface area contributed by atoms with Crippen LogP contribution < -0.4 is 0 Å². The summed E-state index contributed by atoms with van der Waals surface area (Å²) in [5, 5.41) is 0. The van der Waals surface area contributed by atoms with Crippen LogP contribution in [0.2, 0.25) is 0 Å². The topological polar surface area (TPSA) is 29.0 Å². The van der Waals surface area contributed by atoms with Gasteiger partial charge in [-0.05, 0) is 39.5 Å². The Hall–Kier alpha value is -0.960. The van der Waals surface area contributed by atoms with Crippen LogP contribution in [0.25, 0.3) is 0 Å². The fraction of sp³-hybridized carbons (Fsp3) is 0.667. The third-order valence-electron chi connectivity index (χ3n) is 2.29. The molecule has 0 bridgehead atoms. The van der Waals surface area contributed by atoms with Crippen molar-refractivity contribution < 1.29 is 0 Å². The van der Waals surface area contributed by atoms with Crippen molar-refractivity contribution in [3.05, 3.63) is 23.8 Å². The molecule has 0 aliphatic rings. The highest BCUT2D eigenvalue weighted by Crippen LogP contribution is 2.09. The van der Waals surface area contributed by atoms with Gasteiger partial charge in [-0.15, -0.1) is 0 Å². The Morgan fingerprint density at radius 2 is 2.07 bits per heavy atom. The van der Waals surface area contributed by atoms with Crippen molar-refractivity contribution in [2.45, 2.75) is 32.6 Å². The second kappa shape index (κ2) is 5.81. The van der Waals surface area contributed by atoms with Crippen LogP contribution in [0, 0.1) is 0 Å². The minimum absolute atomic E-state index is 0.416. The molecule has 0 saturated carbocycles. The number of aromatic nitrogens is 2. The summed E-state index contributed by atoms with van der Waals surface area (Å²) < 4.78 is 0. The van der Waals surface area contributed by atoms with Gasteiger partial charge in [-0.25, -0.2) is 9.97 Å². The van der Waals surface area contributed by atoms with E-state index in [4.69, 9.17) is 0 Å². The molecule has 15 heavy (non-hydrogen) atoms. The summed E-state index contributed by atoms with van der Waals surface area (Å²) in [4.78, 5) is 11.0. The van der Waals surface area contributed by atoms with E-state index in [0.717, 1.165) is 30.9 Å². The Morgan fingerprint density at radius 3 is 2.67 bits per heavy atom. The largest absolute Gasteiger partial charge is 0.309 e. The van der Waals surface area contributed by atoms with Gasteiger partial charge in [-0.2, -0.15) is 0 Å².